The number of carboxylic acids is 1. The first-order valence-corrected chi connectivity index (χ1v) is 5.80. The number of nitrogens with zero attached hydrogens (tertiary/aromatic N) is 1. The molecule has 1 saturated heterocycles. The van der Waals surface area contributed by atoms with Crippen LogP contribution in [0.5, 0.6) is 0 Å². The van der Waals surface area contributed by atoms with Gasteiger partial charge in [-0.25, -0.2) is 0 Å². The molecule has 2 unspecified atom stereocenters. The molecule has 1 aliphatic heterocycles. The monoisotopic (exact) mass is 244 g/mol. The molecule has 0 saturated carbocycles. The third-order valence-corrected chi connectivity index (χ3v) is 2.76. The van der Waals surface area contributed by atoms with Crippen LogP contribution < -0.4 is 5.32 Å². The Labute approximate surface area is 101 Å². The zero-order valence-corrected chi connectivity index (χ0v) is 10.5. The fraction of sp³-hybridized carbons (Fsp3) is 0.818. The molecule has 6 nitrogen and oxygen atoms in total. The summed E-state index contributed by atoms with van der Waals surface area (Å²) in [5.74, 6) is -1.10. The fourth-order valence-electron chi connectivity index (χ4n) is 1.85. The van der Waals surface area contributed by atoms with Gasteiger partial charge < -0.3 is 15.2 Å². The van der Waals surface area contributed by atoms with Crippen molar-refractivity contribution in [1.82, 2.24) is 10.2 Å². The van der Waals surface area contributed by atoms with Crippen molar-refractivity contribution < 1.29 is 19.4 Å². The van der Waals surface area contributed by atoms with Gasteiger partial charge in [0.15, 0.2) is 0 Å². The largest absolute Gasteiger partial charge is 0.480 e. The Kier molecular flexibility index (Phi) is 4.89. The number of aliphatic carboxylic acids is 1. The number of rotatable bonds is 4. The number of amides is 1. The van der Waals surface area contributed by atoms with Crippen molar-refractivity contribution in [2.45, 2.75) is 38.9 Å². The third kappa shape index (κ3) is 3.67. The molecule has 0 aromatic carbocycles. The predicted molar refractivity (Wildman–Crippen MR) is 61.7 cm³/mol. The van der Waals surface area contributed by atoms with Crippen LogP contribution in [-0.4, -0.2) is 59.8 Å². The summed E-state index contributed by atoms with van der Waals surface area (Å²) in [5, 5.41) is 11.9. The second-order valence-corrected chi connectivity index (χ2v) is 4.51. The van der Waals surface area contributed by atoms with Crippen molar-refractivity contribution in [2.24, 2.45) is 0 Å². The SMILES string of the molecule is CC(C)NC(=O)C(C)N1CCOCC1C(=O)O. The molecule has 0 radical (unpaired) electrons. The van der Waals surface area contributed by atoms with E-state index in [4.69, 9.17) is 9.84 Å². The highest BCUT2D eigenvalue weighted by Crippen LogP contribution is 2.12. The van der Waals surface area contributed by atoms with Gasteiger partial charge in [0, 0.05) is 12.6 Å². The van der Waals surface area contributed by atoms with Crippen LogP contribution in [0.1, 0.15) is 20.8 Å². The number of carboxylic acid groups (broad SMARTS) is 1. The normalized spacial score (nSPS) is 23.4. The van der Waals surface area contributed by atoms with Crippen LogP contribution in [0.25, 0.3) is 0 Å². The van der Waals surface area contributed by atoms with Gasteiger partial charge >= 0.3 is 5.97 Å². The van der Waals surface area contributed by atoms with Gasteiger partial charge in [0.25, 0.3) is 0 Å². The molecular weight excluding hydrogens is 224 g/mol. The first-order chi connectivity index (χ1) is 7.93. The predicted octanol–water partition coefficient (Wildman–Crippen LogP) is -0.315. The Morgan fingerprint density at radius 2 is 2.06 bits per heavy atom. The third-order valence-electron chi connectivity index (χ3n) is 2.76. The van der Waals surface area contributed by atoms with Crippen LogP contribution in [0, 0.1) is 0 Å². The van der Waals surface area contributed by atoms with E-state index < -0.39 is 18.1 Å². The molecule has 1 fully saturated rings. The Hall–Kier alpha value is -1.14. The maximum atomic E-state index is 11.8. The van der Waals surface area contributed by atoms with Gasteiger partial charge in [-0.3, -0.25) is 14.5 Å². The molecule has 1 amide bonds. The molecule has 6 heteroatoms. The van der Waals surface area contributed by atoms with Crippen LogP contribution in [0.15, 0.2) is 0 Å². The van der Waals surface area contributed by atoms with Gasteiger partial charge in [-0.15, -0.1) is 0 Å². The Morgan fingerprint density at radius 3 is 2.59 bits per heavy atom. The minimum absolute atomic E-state index is 0.0502. The molecule has 1 rings (SSSR count). The second-order valence-electron chi connectivity index (χ2n) is 4.51. The highest BCUT2D eigenvalue weighted by atomic mass is 16.5. The molecule has 0 spiro atoms. The Morgan fingerprint density at radius 1 is 1.41 bits per heavy atom. The number of nitrogens with one attached hydrogen (secondary N) is 1. The average molecular weight is 244 g/mol. The number of carbonyl (C=O) groups excluding carboxylic acids is 1. The van der Waals surface area contributed by atoms with Gasteiger partial charge in [-0.1, -0.05) is 0 Å². The van der Waals surface area contributed by atoms with Crippen molar-refractivity contribution in [3.63, 3.8) is 0 Å². The molecule has 2 N–H and O–H groups in total. The van der Waals surface area contributed by atoms with Crippen molar-refractivity contribution in [2.75, 3.05) is 19.8 Å². The van der Waals surface area contributed by atoms with E-state index in [-0.39, 0.29) is 18.6 Å². The van der Waals surface area contributed by atoms with E-state index in [2.05, 4.69) is 5.32 Å². The van der Waals surface area contributed by atoms with E-state index in [0.29, 0.717) is 13.2 Å². The topological polar surface area (TPSA) is 78.9 Å². The maximum absolute atomic E-state index is 11.8. The molecule has 1 heterocycles. The van der Waals surface area contributed by atoms with Crippen molar-refractivity contribution in [3.05, 3.63) is 0 Å². The molecule has 0 bridgehead atoms. The Bertz CT molecular complexity index is 293. The number of carbonyl (C=O) groups is 2. The van der Waals surface area contributed by atoms with Crippen molar-refractivity contribution >= 4 is 11.9 Å². The fourth-order valence-corrected chi connectivity index (χ4v) is 1.85. The van der Waals surface area contributed by atoms with Crippen LogP contribution in [0.2, 0.25) is 0 Å². The zero-order chi connectivity index (χ0) is 13.0. The van der Waals surface area contributed by atoms with Gasteiger partial charge in [0.2, 0.25) is 5.91 Å². The van der Waals surface area contributed by atoms with E-state index in [1.807, 2.05) is 13.8 Å². The summed E-state index contributed by atoms with van der Waals surface area (Å²) < 4.78 is 5.13. The summed E-state index contributed by atoms with van der Waals surface area (Å²) >= 11 is 0. The maximum Gasteiger partial charge on any atom is 0.323 e. The summed E-state index contributed by atoms with van der Waals surface area (Å²) in [7, 11) is 0. The van der Waals surface area contributed by atoms with Crippen molar-refractivity contribution in [3.8, 4) is 0 Å². The molecular formula is C11H20N2O4. The minimum Gasteiger partial charge on any atom is -0.480 e. The van der Waals surface area contributed by atoms with Crippen LogP contribution >= 0.6 is 0 Å². The lowest BCUT2D eigenvalue weighted by Crippen LogP contribution is -2.58. The Balaban J connectivity index is 2.67. The smallest absolute Gasteiger partial charge is 0.323 e. The van der Waals surface area contributed by atoms with Gasteiger partial charge in [-0.2, -0.15) is 0 Å². The quantitative estimate of drug-likeness (QED) is 0.709. The molecule has 1 aliphatic rings. The van der Waals surface area contributed by atoms with E-state index in [9.17, 15) is 9.59 Å². The summed E-state index contributed by atoms with van der Waals surface area (Å²) in [6.07, 6.45) is 0. The van der Waals surface area contributed by atoms with Crippen LogP contribution in [-0.2, 0) is 14.3 Å². The van der Waals surface area contributed by atoms with Gasteiger partial charge in [0.1, 0.15) is 6.04 Å². The van der Waals surface area contributed by atoms with E-state index in [1.54, 1.807) is 11.8 Å². The minimum atomic E-state index is -0.950. The number of morpholine rings is 1. The van der Waals surface area contributed by atoms with E-state index >= 15 is 0 Å². The lowest BCUT2D eigenvalue weighted by atomic mass is 10.1. The van der Waals surface area contributed by atoms with Crippen LogP contribution in [0.3, 0.4) is 0 Å². The van der Waals surface area contributed by atoms with Crippen molar-refractivity contribution in [1.29, 1.82) is 0 Å². The first-order valence-electron chi connectivity index (χ1n) is 5.80. The van der Waals surface area contributed by atoms with Gasteiger partial charge in [0.05, 0.1) is 19.3 Å². The molecule has 0 aromatic heterocycles. The molecule has 0 aliphatic carbocycles. The lowest BCUT2D eigenvalue weighted by Gasteiger charge is -2.36. The number of hydrogen-bond donors (Lipinski definition) is 2. The average Bonchev–Trinajstić information content (AvgIpc) is 2.27. The van der Waals surface area contributed by atoms with E-state index in [0.717, 1.165) is 0 Å². The summed E-state index contributed by atoms with van der Waals surface area (Å²) in [4.78, 5) is 24.6. The number of ether oxygens (including phenoxy) is 1. The zero-order valence-electron chi connectivity index (χ0n) is 10.5. The highest BCUT2D eigenvalue weighted by Gasteiger charge is 2.35. The molecule has 98 valence electrons. The first kappa shape index (κ1) is 13.9. The second kappa shape index (κ2) is 5.97. The highest BCUT2D eigenvalue weighted by molar-refractivity contribution is 5.83. The lowest BCUT2D eigenvalue weighted by molar-refractivity contribution is -0.153. The summed E-state index contributed by atoms with van der Waals surface area (Å²) in [5.41, 5.74) is 0. The van der Waals surface area contributed by atoms with Crippen LogP contribution in [0.4, 0.5) is 0 Å². The molecule has 2 atom stereocenters. The summed E-state index contributed by atoms with van der Waals surface area (Å²) in [6.45, 7) is 6.53. The number of hydrogen-bond acceptors (Lipinski definition) is 4. The molecule has 17 heavy (non-hydrogen) atoms. The molecule has 0 aromatic rings. The summed E-state index contributed by atoms with van der Waals surface area (Å²) in [6, 6.07) is -1.15. The van der Waals surface area contributed by atoms with Gasteiger partial charge in [-0.05, 0) is 20.8 Å². The van der Waals surface area contributed by atoms with E-state index in [1.165, 1.54) is 0 Å². The standard InChI is InChI=1S/C11H20N2O4/c1-7(2)12-10(14)8(3)13-4-5-17-6-9(13)11(15)16/h7-9H,4-6H2,1-3H3,(H,12,14)(H,15,16).